The van der Waals surface area contributed by atoms with Crippen molar-refractivity contribution < 1.29 is 14.7 Å². The van der Waals surface area contributed by atoms with Crippen LogP contribution in [0.15, 0.2) is 17.0 Å². The first-order valence-corrected chi connectivity index (χ1v) is 10.4. The number of hydrogen-bond acceptors (Lipinski definition) is 0. The molecule has 0 saturated heterocycles. The van der Waals surface area contributed by atoms with Gasteiger partial charge < -0.3 is 0 Å². The first-order valence-electron chi connectivity index (χ1n) is 7.33. The maximum absolute atomic E-state index is 9.34. The van der Waals surface area contributed by atoms with Crippen molar-refractivity contribution in [3.8, 4) is 0 Å². The molecular weight excluding hydrogens is 291 g/mol. The predicted octanol–water partition coefficient (Wildman–Crippen LogP) is 3.64. The minimum atomic E-state index is -3.84. The van der Waals surface area contributed by atoms with E-state index < -0.39 is 6.72 Å². The summed E-state index contributed by atoms with van der Waals surface area (Å²) in [5.74, 6) is 0. The molecule has 1 aromatic rings. The molecule has 1 aromatic carbocycles. The molecule has 3 N–H and O–H groups in total. The molecule has 20 heavy (non-hydrogen) atoms. The Labute approximate surface area is 125 Å². The van der Waals surface area contributed by atoms with Crippen molar-refractivity contribution in [2.24, 2.45) is 0 Å². The van der Waals surface area contributed by atoms with Crippen molar-refractivity contribution in [1.29, 1.82) is 0 Å². The molecule has 0 unspecified atom stereocenters. The summed E-state index contributed by atoms with van der Waals surface area (Å²) in [5.41, 5.74) is 3.89. The van der Waals surface area contributed by atoms with Crippen LogP contribution in [0.3, 0.4) is 0 Å². The maximum Gasteiger partial charge on any atom is 0.521 e. The Hall–Kier alpha value is -0.250. The van der Waals surface area contributed by atoms with Crippen LogP contribution in [-0.4, -0.2) is 14.7 Å². The zero-order chi connectivity index (χ0) is 15.2. The molecule has 0 aliphatic heterocycles. The topological polar surface area (TPSA) is 60.7 Å². The molecule has 0 heterocycles. The summed E-state index contributed by atoms with van der Waals surface area (Å²) >= 11 is 0. The Balaban J connectivity index is 3.42. The molecule has 114 valence electrons. The monoisotopic (exact) mass is 317 g/mol. The van der Waals surface area contributed by atoms with E-state index in [-0.39, 0.29) is 0 Å². The van der Waals surface area contributed by atoms with Gasteiger partial charge in [0.25, 0.3) is 10.9 Å². The van der Waals surface area contributed by atoms with Crippen LogP contribution >= 0.6 is 6.72 Å². The Morgan fingerprint density at radius 3 is 1.90 bits per heavy atom. The van der Waals surface area contributed by atoms with Crippen LogP contribution < -0.4 is 0 Å². The maximum atomic E-state index is 9.34. The van der Waals surface area contributed by atoms with E-state index in [1.807, 2.05) is 6.07 Å². The van der Waals surface area contributed by atoms with Gasteiger partial charge in [0.15, 0.2) is 0 Å². The minimum absolute atomic E-state index is 0.812. The average Bonchev–Trinajstić information content (AvgIpc) is 2.35. The molecule has 0 saturated carbocycles. The van der Waals surface area contributed by atoms with Gasteiger partial charge in [-0.3, -0.25) is 14.7 Å². The molecule has 0 aliphatic carbocycles. The smallest absolute Gasteiger partial charge is 0.289 e. The third-order valence-corrected chi connectivity index (χ3v) is 5.37. The third kappa shape index (κ3) is 5.27. The van der Waals surface area contributed by atoms with E-state index in [2.05, 4.69) is 26.8 Å². The second-order valence-corrected chi connectivity index (χ2v) is 8.70. The first kappa shape index (κ1) is 17.8. The zero-order valence-corrected chi connectivity index (χ0v) is 14.3. The van der Waals surface area contributed by atoms with Crippen molar-refractivity contribution in [1.82, 2.24) is 0 Å². The predicted molar refractivity (Wildman–Crippen MR) is 87.6 cm³/mol. The normalized spacial score (nSPS) is 11.7. The lowest BCUT2D eigenvalue weighted by Crippen LogP contribution is -2.03. The Morgan fingerprint density at radius 1 is 0.850 bits per heavy atom. The van der Waals surface area contributed by atoms with Crippen LogP contribution in [-0.2, 0) is 30.2 Å². The van der Waals surface area contributed by atoms with Crippen molar-refractivity contribution in [3.05, 3.63) is 28.8 Å². The lowest BCUT2D eigenvalue weighted by molar-refractivity contribution is 0.363. The van der Waals surface area contributed by atoms with Gasteiger partial charge >= 0.3 is 6.72 Å². The summed E-state index contributed by atoms with van der Waals surface area (Å²) in [5, 5.41) is 0. The van der Waals surface area contributed by atoms with Crippen molar-refractivity contribution in [2.45, 2.75) is 64.2 Å². The van der Waals surface area contributed by atoms with Gasteiger partial charge in [0.2, 0.25) is 4.90 Å². The van der Waals surface area contributed by atoms with Crippen molar-refractivity contribution in [2.75, 3.05) is 0 Å². The van der Waals surface area contributed by atoms with Gasteiger partial charge in [-0.1, -0.05) is 46.1 Å². The van der Waals surface area contributed by atoms with Crippen LogP contribution in [0.2, 0.25) is 0 Å². The first-order chi connectivity index (χ1) is 9.42. The number of rotatable bonds is 7. The molecule has 3 nitrogen and oxygen atoms in total. The fraction of sp³-hybridized carbons (Fsp3) is 0.600. The number of aryl methyl sites for hydroxylation is 1. The molecule has 0 atom stereocenters. The molecule has 0 fully saturated rings. The quantitative estimate of drug-likeness (QED) is 0.531. The highest BCUT2D eigenvalue weighted by Gasteiger charge is 2.25. The molecule has 0 aliphatic rings. The third-order valence-electron chi connectivity index (χ3n) is 3.23. The van der Waals surface area contributed by atoms with Gasteiger partial charge in [-0.25, -0.2) is 0 Å². The highest BCUT2D eigenvalue weighted by atomic mass is 32.5. The lowest BCUT2D eigenvalue weighted by atomic mass is 9.92. The summed E-state index contributed by atoms with van der Waals surface area (Å²) < 4.78 is 0. The van der Waals surface area contributed by atoms with E-state index in [9.17, 15) is 14.7 Å². The van der Waals surface area contributed by atoms with Crippen molar-refractivity contribution >= 4 is 17.7 Å². The lowest BCUT2D eigenvalue weighted by Gasteiger charge is -2.13. The number of hydrogen-bond donors (Lipinski definition) is 3. The Morgan fingerprint density at radius 2 is 1.40 bits per heavy atom. The summed E-state index contributed by atoms with van der Waals surface area (Å²) in [7, 11) is 0.812. The van der Waals surface area contributed by atoms with Crippen molar-refractivity contribution in [3.63, 3.8) is 0 Å². The highest BCUT2D eigenvalue weighted by Crippen LogP contribution is 2.36. The minimum Gasteiger partial charge on any atom is -0.289 e. The van der Waals surface area contributed by atoms with Gasteiger partial charge in [-0.2, -0.15) is 0 Å². The molecule has 0 radical (unpaired) electrons. The summed E-state index contributed by atoms with van der Waals surface area (Å²) in [4.78, 5) is 28.8. The van der Waals surface area contributed by atoms with E-state index >= 15 is 0 Å². The highest BCUT2D eigenvalue weighted by molar-refractivity contribution is 8.16. The molecule has 5 heteroatoms. The van der Waals surface area contributed by atoms with Crippen LogP contribution in [0.4, 0.5) is 0 Å². The fourth-order valence-corrected chi connectivity index (χ4v) is 4.56. The van der Waals surface area contributed by atoms with Crippen LogP contribution in [0, 0.1) is 0 Å². The second-order valence-electron chi connectivity index (χ2n) is 5.03. The number of benzene rings is 1. The molecule has 1 rings (SSSR count). The van der Waals surface area contributed by atoms with Gasteiger partial charge in [-0.05, 0) is 30.4 Å². The largest absolute Gasteiger partial charge is 0.521 e. The van der Waals surface area contributed by atoms with Crippen LogP contribution in [0.25, 0.3) is 0 Å². The van der Waals surface area contributed by atoms with E-state index in [0.29, 0.717) is 0 Å². The van der Waals surface area contributed by atoms with Gasteiger partial charge in [-0.15, -0.1) is 0 Å². The molecule has 0 bridgehead atoms. The zero-order valence-electron chi connectivity index (χ0n) is 12.6. The van der Waals surface area contributed by atoms with Gasteiger partial charge in [0, 0.05) is 11.6 Å². The molecule has 0 amide bonds. The van der Waals surface area contributed by atoms with Crippen LogP contribution in [0.1, 0.15) is 56.7 Å². The Bertz CT molecular complexity index is 486. The van der Waals surface area contributed by atoms with Crippen LogP contribution in [0.5, 0.6) is 0 Å². The summed E-state index contributed by atoms with van der Waals surface area (Å²) in [6, 6.07) is 4.00. The molecule has 0 aromatic heterocycles. The Kier molecular flexibility index (Phi) is 7.35. The van der Waals surface area contributed by atoms with Gasteiger partial charge in [0.05, 0.1) is 0 Å². The summed E-state index contributed by atoms with van der Waals surface area (Å²) in [6.07, 6.45) is 6.15. The standard InChI is InChI=1S/C15H26O3PS/c1-4-7-12-10-11-15(20-19(16,17)18)14(9-6-3)13(12)8-5-2/h10-11,16-18H,4-9H2,1-3H3/q+1. The fourth-order valence-electron chi connectivity index (χ4n) is 2.53. The second kappa shape index (κ2) is 8.26. The van der Waals surface area contributed by atoms with E-state index in [4.69, 9.17) is 0 Å². The average molecular weight is 317 g/mol. The van der Waals surface area contributed by atoms with E-state index in [0.717, 1.165) is 54.4 Å². The van der Waals surface area contributed by atoms with E-state index in [1.165, 1.54) is 16.7 Å². The molecular formula is C15H26O3PS+. The van der Waals surface area contributed by atoms with E-state index in [1.54, 1.807) is 0 Å². The van der Waals surface area contributed by atoms with Gasteiger partial charge in [0.1, 0.15) is 0 Å². The SMILES string of the molecule is CCCc1ccc([S+]=P(O)(O)O)c(CCC)c1CCC. The summed E-state index contributed by atoms with van der Waals surface area (Å²) in [6.45, 7) is 2.61. The molecule has 0 spiro atoms.